The summed E-state index contributed by atoms with van der Waals surface area (Å²) in [6.07, 6.45) is 2.98. The summed E-state index contributed by atoms with van der Waals surface area (Å²) in [5, 5.41) is 3.65. The molecule has 126 valence electrons. The predicted molar refractivity (Wildman–Crippen MR) is 90.8 cm³/mol. The fraction of sp³-hybridized carbons (Fsp3) is 0.875. The number of hydrogen-bond donors (Lipinski definition) is 1. The smallest absolute Gasteiger partial charge is 0.410 e. The van der Waals surface area contributed by atoms with Gasteiger partial charge >= 0.3 is 6.09 Å². The molecule has 1 aliphatic rings. The molecule has 1 unspecified atom stereocenters. The van der Waals surface area contributed by atoms with Crippen molar-refractivity contribution in [3.8, 4) is 0 Å². The number of carbonyl (C=O) groups excluding carboxylic acids is 1. The van der Waals surface area contributed by atoms with Crippen LogP contribution in [0.1, 0.15) is 67.7 Å². The molecule has 1 fully saturated rings. The lowest BCUT2D eigenvalue weighted by molar-refractivity contribution is 0.0188. The van der Waals surface area contributed by atoms with Gasteiger partial charge in [-0.05, 0) is 33.6 Å². The number of carbonyl (C=O) groups is 1. The number of likely N-dealkylation sites (tertiary alicyclic amines) is 1. The molecular formula is C16H35N3O2. The van der Waals surface area contributed by atoms with E-state index < -0.39 is 5.60 Å². The minimum Gasteiger partial charge on any atom is -0.444 e. The molecule has 1 N–H and O–H groups in total. The van der Waals surface area contributed by atoms with Gasteiger partial charge in [-0.2, -0.15) is 5.10 Å². The molecule has 1 rings (SSSR count). The maximum atomic E-state index is 11.8. The van der Waals surface area contributed by atoms with Crippen LogP contribution in [-0.4, -0.2) is 42.4 Å². The Kier molecular flexibility index (Phi) is 13.1. The lowest BCUT2D eigenvalue weighted by atomic mass is 10.1. The van der Waals surface area contributed by atoms with E-state index in [4.69, 9.17) is 4.74 Å². The molecule has 0 aliphatic carbocycles. The van der Waals surface area contributed by atoms with E-state index in [1.165, 1.54) is 6.42 Å². The number of piperidine rings is 1. The second-order valence-corrected chi connectivity index (χ2v) is 5.76. The van der Waals surface area contributed by atoms with E-state index in [1.54, 1.807) is 4.90 Å². The molecule has 0 bridgehead atoms. The van der Waals surface area contributed by atoms with E-state index in [-0.39, 0.29) is 12.1 Å². The van der Waals surface area contributed by atoms with Gasteiger partial charge in [-0.15, -0.1) is 0 Å². The monoisotopic (exact) mass is 301 g/mol. The standard InChI is InChI=1S/C11H21N3O2.C3H8.C2H6/c1-11(2,3)16-10(15)14-7-5-6-9(8-14)13-12-4;1-3-2;1-2/h9,13H,4-8H2,1-3H3;3H2,1-2H3;1-2H3. The van der Waals surface area contributed by atoms with Crippen LogP contribution in [0, 0.1) is 0 Å². The van der Waals surface area contributed by atoms with Gasteiger partial charge in [0.05, 0.1) is 6.04 Å². The normalized spacial score (nSPS) is 17.5. The summed E-state index contributed by atoms with van der Waals surface area (Å²) < 4.78 is 5.32. The minimum atomic E-state index is -0.436. The second-order valence-electron chi connectivity index (χ2n) is 5.76. The van der Waals surface area contributed by atoms with Crippen LogP contribution in [0.15, 0.2) is 5.10 Å². The average Bonchev–Trinajstić information content (AvgIpc) is 2.41. The van der Waals surface area contributed by atoms with Crippen molar-refractivity contribution < 1.29 is 9.53 Å². The maximum Gasteiger partial charge on any atom is 0.410 e. The SMILES string of the molecule is C=NNC1CCCN(C(=O)OC(C)(C)C)C1.CC.CCC. The largest absolute Gasteiger partial charge is 0.444 e. The highest BCUT2D eigenvalue weighted by Gasteiger charge is 2.27. The van der Waals surface area contributed by atoms with Crippen molar-refractivity contribution in [2.24, 2.45) is 5.10 Å². The fourth-order valence-corrected chi connectivity index (χ4v) is 1.70. The quantitative estimate of drug-likeness (QED) is 0.619. The molecule has 0 aromatic heterocycles. The van der Waals surface area contributed by atoms with Crippen LogP contribution in [0.2, 0.25) is 0 Å². The molecule has 1 atom stereocenters. The van der Waals surface area contributed by atoms with Gasteiger partial charge in [0.15, 0.2) is 0 Å². The molecule has 5 nitrogen and oxygen atoms in total. The topological polar surface area (TPSA) is 53.9 Å². The van der Waals surface area contributed by atoms with Crippen LogP contribution in [0.3, 0.4) is 0 Å². The van der Waals surface area contributed by atoms with Crippen molar-refractivity contribution in [2.75, 3.05) is 13.1 Å². The fourth-order valence-electron chi connectivity index (χ4n) is 1.70. The highest BCUT2D eigenvalue weighted by molar-refractivity contribution is 5.68. The van der Waals surface area contributed by atoms with Gasteiger partial charge in [0.2, 0.25) is 0 Å². The highest BCUT2D eigenvalue weighted by Crippen LogP contribution is 2.15. The summed E-state index contributed by atoms with van der Waals surface area (Å²) >= 11 is 0. The van der Waals surface area contributed by atoms with Crippen LogP contribution in [-0.2, 0) is 4.74 Å². The number of nitrogens with one attached hydrogen (secondary N) is 1. The Bertz CT molecular complexity index is 275. The summed E-state index contributed by atoms with van der Waals surface area (Å²) in [5.41, 5.74) is 2.46. The van der Waals surface area contributed by atoms with Gasteiger partial charge in [0.25, 0.3) is 0 Å². The Morgan fingerprint density at radius 3 is 2.33 bits per heavy atom. The van der Waals surface area contributed by atoms with Crippen molar-refractivity contribution >= 4 is 12.8 Å². The first-order chi connectivity index (χ1) is 9.84. The van der Waals surface area contributed by atoms with Crippen molar-refractivity contribution in [3.05, 3.63) is 0 Å². The zero-order valence-corrected chi connectivity index (χ0v) is 15.0. The summed E-state index contributed by atoms with van der Waals surface area (Å²) in [6, 6.07) is 0.193. The summed E-state index contributed by atoms with van der Waals surface area (Å²) in [4.78, 5) is 13.5. The lowest BCUT2D eigenvalue weighted by Crippen LogP contribution is -2.48. The lowest BCUT2D eigenvalue weighted by Gasteiger charge is -2.33. The van der Waals surface area contributed by atoms with Crippen molar-refractivity contribution in [2.45, 2.75) is 79.4 Å². The number of hydrazone groups is 1. The molecule has 1 heterocycles. The molecule has 0 aromatic carbocycles. The van der Waals surface area contributed by atoms with E-state index in [1.807, 2.05) is 34.6 Å². The highest BCUT2D eigenvalue weighted by atomic mass is 16.6. The third-order valence-electron chi connectivity index (χ3n) is 2.35. The summed E-state index contributed by atoms with van der Waals surface area (Å²) in [7, 11) is 0. The third-order valence-corrected chi connectivity index (χ3v) is 2.35. The summed E-state index contributed by atoms with van der Waals surface area (Å²) in [5.74, 6) is 0. The number of nitrogens with zero attached hydrogens (tertiary/aromatic N) is 2. The maximum absolute atomic E-state index is 11.8. The molecule has 1 aliphatic heterocycles. The first kappa shape index (κ1) is 22.0. The molecule has 0 spiro atoms. The molecule has 1 amide bonds. The van der Waals surface area contributed by atoms with Gasteiger partial charge in [-0.1, -0.05) is 34.1 Å². The number of ether oxygens (including phenoxy) is 1. The first-order valence-electron chi connectivity index (χ1n) is 8.03. The van der Waals surface area contributed by atoms with Gasteiger partial charge in [0, 0.05) is 19.8 Å². The van der Waals surface area contributed by atoms with Gasteiger partial charge in [-0.3, -0.25) is 0 Å². The Morgan fingerprint density at radius 1 is 1.38 bits per heavy atom. The molecular weight excluding hydrogens is 266 g/mol. The zero-order chi connectivity index (χ0) is 16.9. The Morgan fingerprint density at radius 2 is 1.90 bits per heavy atom. The molecule has 0 radical (unpaired) electrons. The number of amides is 1. The summed E-state index contributed by atoms with van der Waals surface area (Å²) in [6.45, 7) is 18.6. The molecule has 0 saturated carbocycles. The van der Waals surface area contributed by atoms with Crippen LogP contribution >= 0.6 is 0 Å². The third kappa shape index (κ3) is 12.2. The molecule has 5 heteroatoms. The van der Waals surface area contributed by atoms with E-state index in [0.29, 0.717) is 6.54 Å². The first-order valence-corrected chi connectivity index (χ1v) is 8.03. The van der Waals surface area contributed by atoms with Crippen LogP contribution in [0.4, 0.5) is 4.79 Å². The second kappa shape index (κ2) is 12.5. The van der Waals surface area contributed by atoms with Crippen molar-refractivity contribution in [1.82, 2.24) is 10.3 Å². The van der Waals surface area contributed by atoms with Crippen molar-refractivity contribution in [3.63, 3.8) is 0 Å². The Balaban J connectivity index is 0. The Hall–Kier alpha value is -1.26. The molecule has 1 saturated heterocycles. The van der Waals surface area contributed by atoms with E-state index in [9.17, 15) is 4.79 Å². The van der Waals surface area contributed by atoms with E-state index in [0.717, 1.165) is 19.4 Å². The molecule has 21 heavy (non-hydrogen) atoms. The predicted octanol–water partition coefficient (Wildman–Crippen LogP) is 4.03. The van der Waals surface area contributed by atoms with Crippen LogP contribution in [0.25, 0.3) is 0 Å². The van der Waals surface area contributed by atoms with Gasteiger partial charge < -0.3 is 15.1 Å². The van der Waals surface area contributed by atoms with Crippen LogP contribution < -0.4 is 5.43 Å². The van der Waals surface area contributed by atoms with Gasteiger partial charge in [0.1, 0.15) is 5.60 Å². The Labute approximate surface area is 131 Å². The van der Waals surface area contributed by atoms with Crippen molar-refractivity contribution in [1.29, 1.82) is 0 Å². The van der Waals surface area contributed by atoms with Crippen LogP contribution in [0.5, 0.6) is 0 Å². The van der Waals surface area contributed by atoms with E-state index >= 15 is 0 Å². The number of rotatable bonds is 2. The van der Waals surface area contributed by atoms with Gasteiger partial charge in [-0.25, -0.2) is 4.79 Å². The average molecular weight is 301 g/mol. The number of hydrogen-bond acceptors (Lipinski definition) is 4. The zero-order valence-electron chi connectivity index (χ0n) is 15.0. The minimum absolute atomic E-state index is 0.193. The van der Waals surface area contributed by atoms with E-state index in [2.05, 4.69) is 31.1 Å². The molecule has 0 aromatic rings.